The fraction of sp³-hybridized carbons (Fsp3) is 0.188. The Bertz CT molecular complexity index is 1010. The van der Waals surface area contributed by atoms with Crippen LogP contribution in [-0.4, -0.2) is 23.0 Å². The number of ether oxygens (including phenoxy) is 1. The van der Waals surface area contributed by atoms with Crippen LogP contribution in [0.15, 0.2) is 39.0 Å². The molecule has 0 aliphatic rings. The van der Waals surface area contributed by atoms with Gasteiger partial charge >= 0.3 is 5.69 Å². The van der Waals surface area contributed by atoms with Gasteiger partial charge in [0.25, 0.3) is 5.56 Å². The van der Waals surface area contributed by atoms with Crippen LogP contribution < -0.4 is 16.0 Å². The molecule has 3 rings (SSSR count). The third-order valence-electron chi connectivity index (χ3n) is 3.64. The van der Waals surface area contributed by atoms with Crippen LogP contribution in [0.2, 0.25) is 0 Å². The van der Waals surface area contributed by atoms with Crippen molar-refractivity contribution < 1.29 is 4.74 Å². The maximum Gasteiger partial charge on any atom is 0.350 e. The lowest BCUT2D eigenvalue weighted by molar-refractivity contribution is 0.415. The van der Waals surface area contributed by atoms with Gasteiger partial charge in [0.1, 0.15) is 10.6 Å². The van der Waals surface area contributed by atoms with E-state index in [4.69, 9.17) is 4.74 Å². The minimum atomic E-state index is -0.548. The molecular formula is C16H15N3O3S. The van der Waals surface area contributed by atoms with Crippen molar-refractivity contribution in [2.24, 2.45) is 5.10 Å². The molecule has 1 N–H and O–H groups in total. The minimum absolute atomic E-state index is 0.407. The Morgan fingerprint density at radius 2 is 1.91 bits per heavy atom. The summed E-state index contributed by atoms with van der Waals surface area (Å²) in [6.45, 7) is 3.79. The maximum atomic E-state index is 12.5. The monoisotopic (exact) mass is 329 g/mol. The molecule has 0 bridgehead atoms. The molecule has 7 heteroatoms. The Morgan fingerprint density at radius 3 is 2.57 bits per heavy atom. The van der Waals surface area contributed by atoms with Crippen molar-refractivity contribution in [2.75, 3.05) is 7.11 Å². The van der Waals surface area contributed by atoms with E-state index in [0.29, 0.717) is 10.2 Å². The molecule has 0 saturated heterocycles. The molecule has 1 aromatic carbocycles. The highest BCUT2D eigenvalue weighted by molar-refractivity contribution is 7.18. The van der Waals surface area contributed by atoms with Crippen LogP contribution in [0, 0.1) is 13.8 Å². The van der Waals surface area contributed by atoms with Gasteiger partial charge in [-0.25, -0.2) is 4.79 Å². The molecule has 23 heavy (non-hydrogen) atoms. The highest BCUT2D eigenvalue weighted by Gasteiger charge is 2.13. The summed E-state index contributed by atoms with van der Waals surface area (Å²) < 4.78 is 5.93. The van der Waals surface area contributed by atoms with Crippen LogP contribution >= 0.6 is 11.3 Å². The van der Waals surface area contributed by atoms with Gasteiger partial charge in [0.2, 0.25) is 0 Å². The smallest absolute Gasteiger partial charge is 0.350 e. The number of nitrogens with zero attached hydrogens (tertiary/aromatic N) is 2. The van der Waals surface area contributed by atoms with Gasteiger partial charge in [-0.05, 0) is 49.2 Å². The van der Waals surface area contributed by atoms with Crippen molar-refractivity contribution >= 4 is 27.8 Å². The van der Waals surface area contributed by atoms with Crippen molar-refractivity contribution in [3.05, 3.63) is 61.1 Å². The minimum Gasteiger partial charge on any atom is -0.497 e. The Labute approximate surface area is 135 Å². The number of methoxy groups -OCH3 is 1. The number of aryl methyl sites for hydroxylation is 2. The Morgan fingerprint density at radius 1 is 1.22 bits per heavy atom. The predicted octanol–water partition coefficient (Wildman–Crippen LogP) is 2.26. The van der Waals surface area contributed by atoms with Crippen molar-refractivity contribution in [3.8, 4) is 5.75 Å². The summed E-state index contributed by atoms with van der Waals surface area (Å²) in [7, 11) is 1.59. The van der Waals surface area contributed by atoms with E-state index in [1.54, 1.807) is 31.4 Å². The van der Waals surface area contributed by atoms with Crippen LogP contribution in [0.4, 0.5) is 0 Å². The molecule has 0 aliphatic carbocycles. The number of hydrogen-bond acceptors (Lipinski definition) is 5. The summed E-state index contributed by atoms with van der Waals surface area (Å²) >= 11 is 1.40. The van der Waals surface area contributed by atoms with E-state index < -0.39 is 11.2 Å². The van der Waals surface area contributed by atoms with Crippen LogP contribution in [0.3, 0.4) is 0 Å². The van der Waals surface area contributed by atoms with Crippen molar-refractivity contribution in [1.29, 1.82) is 0 Å². The quantitative estimate of drug-likeness (QED) is 0.749. The van der Waals surface area contributed by atoms with Crippen molar-refractivity contribution in [3.63, 3.8) is 0 Å². The molecule has 2 heterocycles. The normalized spacial score (nSPS) is 11.4. The number of aromatic nitrogens is 2. The molecule has 3 aromatic rings. The highest BCUT2D eigenvalue weighted by Crippen LogP contribution is 2.24. The van der Waals surface area contributed by atoms with Gasteiger partial charge < -0.3 is 4.74 Å². The lowest BCUT2D eigenvalue weighted by atomic mass is 10.2. The zero-order valence-corrected chi connectivity index (χ0v) is 13.7. The van der Waals surface area contributed by atoms with E-state index in [0.717, 1.165) is 26.4 Å². The summed E-state index contributed by atoms with van der Waals surface area (Å²) in [5, 5.41) is 4.54. The average molecular weight is 329 g/mol. The standard InChI is InChI=1S/C16H15N3O3S/c1-9-10(2)23-14-13(9)15(20)19(16(21)18-14)17-8-11-4-6-12(22-3)7-5-11/h4-8H,1-3H3,(H,18,21)/b17-8+. The molecule has 0 saturated carbocycles. The van der Waals surface area contributed by atoms with Crippen LogP contribution in [0.25, 0.3) is 10.2 Å². The molecule has 0 aliphatic heterocycles. The van der Waals surface area contributed by atoms with Crippen molar-refractivity contribution in [1.82, 2.24) is 9.66 Å². The fourth-order valence-corrected chi connectivity index (χ4v) is 3.28. The molecule has 0 amide bonds. The Kier molecular flexibility index (Phi) is 3.87. The number of thiophene rings is 1. The van der Waals surface area contributed by atoms with Crippen LogP contribution in [-0.2, 0) is 0 Å². The van der Waals surface area contributed by atoms with Gasteiger partial charge in [0.15, 0.2) is 0 Å². The van der Waals surface area contributed by atoms with Gasteiger partial charge in [-0.3, -0.25) is 9.78 Å². The van der Waals surface area contributed by atoms with Gasteiger partial charge in [-0.1, -0.05) is 0 Å². The van der Waals surface area contributed by atoms with Crippen LogP contribution in [0.1, 0.15) is 16.0 Å². The molecule has 0 fully saturated rings. The summed E-state index contributed by atoms with van der Waals surface area (Å²) in [5.41, 5.74) is 0.680. The van der Waals surface area contributed by atoms with E-state index in [1.807, 2.05) is 13.8 Å². The summed E-state index contributed by atoms with van der Waals surface area (Å²) in [5.74, 6) is 0.725. The SMILES string of the molecule is COc1ccc(/C=N/n2c(=O)[nH]c3sc(C)c(C)c3c2=O)cc1. The second-order valence-electron chi connectivity index (χ2n) is 5.05. The van der Waals surface area contributed by atoms with Gasteiger partial charge in [-0.15, -0.1) is 16.0 Å². The topological polar surface area (TPSA) is 76.5 Å². The second-order valence-corrected chi connectivity index (χ2v) is 6.28. The van der Waals surface area contributed by atoms with Gasteiger partial charge in [-0.2, -0.15) is 5.10 Å². The molecule has 2 aromatic heterocycles. The van der Waals surface area contributed by atoms with E-state index >= 15 is 0 Å². The Hall–Kier alpha value is -2.67. The lowest BCUT2D eigenvalue weighted by Gasteiger charge is -2.00. The summed E-state index contributed by atoms with van der Waals surface area (Å²) in [6, 6.07) is 7.15. The number of rotatable bonds is 3. The third kappa shape index (κ3) is 2.70. The molecule has 118 valence electrons. The van der Waals surface area contributed by atoms with Crippen molar-refractivity contribution in [2.45, 2.75) is 13.8 Å². The number of benzene rings is 1. The summed E-state index contributed by atoms with van der Waals surface area (Å²) in [6.07, 6.45) is 1.47. The number of H-pyrrole nitrogens is 1. The number of nitrogens with one attached hydrogen (secondary N) is 1. The van der Waals surface area contributed by atoms with E-state index in [9.17, 15) is 9.59 Å². The van der Waals surface area contributed by atoms with E-state index in [2.05, 4.69) is 10.1 Å². The molecule has 6 nitrogen and oxygen atoms in total. The zero-order valence-electron chi connectivity index (χ0n) is 12.9. The van der Waals surface area contributed by atoms with E-state index in [1.165, 1.54) is 17.6 Å². The summed E-state index contributed by atoms with van der Waals surface area (Å²) in [4.78, 5) is 28.9. The van der Waals surface area contributed by atoms with Gasteiger partial charge in [0, 0.05) is 4.88 Å². The van der Waals surface area contributed by atoms with Gasteiger partial charge in [0.05, 0.1) is 18.7 Å². The number of hydrogen-bond donors (Lipinski definition) is 1. The largest absolute Gasteiger partial charge is 0.497 e. The third-order valence-corrected chi connectivity index (χ3v) is 4.77. The first-order chi connectivity index (χ1) is 11.0. The molecule has 0 atom stereocenters. The number of fused-ring (bicyclic) bond motifs is 1. The molecule has 0 unspecified atom stereocenters. The number of aromatic amines is 1. The van der Waals surface area contributed by atoms with Crippen LogP contribution in [0.5, 0.6) is 5.75 Å². The van der Waals surface area contributed by atoms with E-state index in [-0.39, 0.29) is 0 Å². The fourth-order valence-electron chi connectivity index (χ4n) is 2.24. The highest BCUT2D eigenvalue weighted by atomic mass is 32.1. The Balaban J connectivity index is 2.08. The molecule has 0 radical (unpaired) electrons. The first kappa shape index (κ1) is 15.2. The zero-order chi connectivity index (χ0) is 16.6. The first-order valence-electron chi connectivity index (χ1n) is 6.94. The second kappa shape index (κ2) is 5.85. The predicted molar refractivity (Wildman–Crippen MR) is 92.2 cm³/mol. The molecule has 0 spiro atoms. The maximum absolute atomic E-state index is 12.5. The lowest BCUT2D eigenvalue weighted by Crippen LogP contribution is -2.32. The molecular weight excluding hydrogens is 314 g/mol. The average Bonchev–Trinajstić information content (AvgIpc) is 2.82. The first-order valence-corrected chi connectivity index (χ1v) is 7.76.